The summed E-state index contributed by atoms with van der Waals surface area (Å²) in [7, 11) is 14.7. The zero-order chi connectivity index (χ0) is 66.3. The van der Waals surface area contributed by atoms with Crippen LogP contribution < -0.4 is 20.7 Å². The smallest absolute Gasteiger partial charge is 0.324 e. The molecule has 1 aliphatic heterocycles. The molecule has 0 bridgehead atoms. The summed E-state index contributed by atoms with van der Waals surface area (Å²) in [6.07, 6.45) is -0.644. The van der Waals surface area contributed by atoms with Gasteiger partial charge >= 0.3 is 5.97 Å². The molecule has 86 heavy (non-hydrogen) atoms. The van der Waals surface area contributed by atoms with Crippen molar-refractivity contribution in [3.05, 3.63) is 29.8 Å². The molecule has 0 aromatic heterocycles. The standard InChI is InChI=1S/C62H105N11O13/c1-25-38(10)50-54(76)64-39(11)55(77)70(20)46(30-34(2)3)53(75)65-45(32-43-26-28-44(85-24)29-27-43)58(80)67(17)40(12)52(74)63-33-48(60(82)68(18)42(14)57(79)73(50)23)72(22)59(81)47(31-35(4)5)71(21)56(78)41(13)69(19)61(83)51(37(8)9)86-62(84)49(36(6)7)66(15)16/h26-29,34-42,45-51H,25,30-33H2,1-24H3,(H,63,74)(H,64,76)(H,65,75)/t38-,39-,40+,41-,42-,45-,46-,47-,48-,49-,50-,51+/m0/s1. The lowest BCUT2D eigenvalue weighted by Crippen LogP contribution is -2.63. The molecule has 1 aromatic carbocycles. The van der Waals surface area contributed by atoms with Crippen molar-refractivity contribution in [2.75, 3.05) is 77.1 Å². The fourth-order valence-corrected chi connectivity index (χ4v) is 10.6. The predicted molar refractivity (Wildman–Crippen MR) is 328 cm³/mol. The van der Waals surface area contributed by atoms with Gasteiger partial charge in [-0.1, -0.05) is 87.8 Å². The van der Waals surface area contributed by atoms with E-state index in [1.807, 2.05) is 48.5 Å². The molecule has 3 N–H and O–H groups in total. The van der Waals surface area contributed by atoms with Crippen molar-refractivity contribution in [3.8, 4) is 5.75 Å². The Labute approximate surface area is 512 Å². The highest BCUT2D eigenvalue weighted by atomic mass is 16.6. The maximum absolute atomic E-state index is 15.2. The molecular formula is C62H105N11O13. The summed E-state index contributed by atoms with van der Waals surface area (Å²) in [5.74, 6) is -8.43. The Morgan fingerprint density at radius 2 is 1.19 bits per heavy atom. The summed E-state index contributed by atoms with van der Waals surface area (Å²) in [4.78, 5) is 170. The molecular weight excluding hydrogens is 1110 g/mol. The van der Waals surface area contributed by atoms with Crippen LogP contribution in [0.15, 0.2) is 24.3 Å². The van der Waals surface area contributed by atoms with Crippen molar-refractivity contribution in [1.29, 1.82) is 0 Å². The molecule has 1 saturated heterocycles. The number of esters is 1. The number of rotatable bonds is 20. The van der Waals surface area contributed by atoms with Gasteiger partial charge in [0.15, 0.2) is 6.10 Å². The number of methoxy groups -OCH3 is 1. The van der Waals surface area contributed by atoms with Gasteiger partial charge in [-0.2, -0.15) is 0 Å². The summed E-state index contributed by atoms with van der Waals surface area (Å²) in [6.45, 7) is 23.5. The maximum Gasteiger partial charge on any atom is 0.324 e. The Balaban J connectivity index is 2.86. The van der Waals surface area contributed by atoms with Crippen molar-refractivity contribution in [2.24, 2.45) is 29.6 Å². The molecule has 1 fully saturated rings. The zero-order valence-corrected chi connectivity index (χ0v) is 56.0. The largest absolute Gasteiger partial charge is 0.497 e. The average molecular weight is 1210 g/mol. The summed E-state index contributed by atoms with van der Waals surface area (Å²) >= 11 is 0. The van der Waals surface area contributed by atoms with Gasteiger partial charge in [0.1, 0.15) is 66.2 Å². The molecule has 0 saturated carbocycles. The van der Waals surface area contributed by atoms with Gasteiger partial charge in [-0.05, 0) is 102 Å². The van der Waals surface area contributed by atoms with Crippen LogP contribution in [0.3, 0.4) is 0 Å². The Bertz CT molecular complexity index is 2520. The van der Waals surface area contributed by atoms with Crippen LogP contribution in [-0.4, -0.2) is 248 Å². The van der Waals surface area contributed by atoms with Gasteiger partial charge in [0, 0.05) is 62.3 Å². The van der Waals surface area contributed by atoms with Gasteiger partial charge in [0.25, 0.3) is 5.91 Å². The second kappa shape index (κ2) is 33.3. The number of carbonyl (C=O) groups excluding carboxylic acids is 11. The fourth-order valence-electron chi connectivity index (χ4n) is 10.6. The van der Waals surface area contributed by atoms with Crippen LogP contribution in [0.4, 0.5) is 0 Å². The number of nitrogens with zero attached hydrogens (tertiary/aromatic N) is 8. The number of benzene rings is 1. The molecule has 1 heterocycles. The van der Waals surface area contributed by atoms with Crippen molar-refractivity contribution in [1.82, 2.24) is 55.1 Å². The van der Waals surface area contributed by atoms with E-state index in [9.17, 15) is 43.2 Å². The summed E-state index contributed by atoms with van der Waals surface area (Å²) in [5.41, 5.74) is 0.625. The first-order chi connectivity index (χ1) is 39.8. The van der Waals surface area contributed by atoms with Crippen LogP contribution in [0.2, 0.25) is 0 Å². The minimum absolute atomic E-state index is 0.0490. The van der Waals surface area contributed by atoms with E-state index >= 15 is 9.59 Å². The number of carbonyl (C=O) groups is 11. The highest BCUT2D eigenvalue weighted by Gasteiger charge is 2.44. The fraction of sp³-hybridized carbons (Fsp3) is 0.726. The molecule has 0 spiro atoms. The molecule has 0 aliphatic carbocycles. The number of hydrogen-bond acceptors (Lipinski definition) is 14. The lowest BCUT2D eigenvalue weighted by Gasteiger charge is -2.40. The van der Waals surface area contributed by atoms with Gasteiger partial charge in [0.05, 0.1) is 7.11 Å². The van der Waals surface area contributed by atoms with E-state index in [2.05, 4.69) is 16.0 Å². The van der Waals surface area contributed by atoms with Gasteiger partial charge in [0.2, 0.25) is 53.2 Å². The van der Waals surface area contributed by atoms with E-state index in [1.165, 1.54) is 104 Å². The Hall–Kier alpha value is -6.85. The lowest BCUT2D eigenvalue weighted by atomic mass is 9.95. The zero-order valence-electron chi connectivity index (χ0n) is 56.0. The highest BCUT2D eigenvalue weighted by molar-refractivity contribution is 5.99. The molecule has 10 amide bonds. The van der Waals surface area contributed by atoms with Crippen LogP contribution in [-0.2, 0) is 63.9 Å². The van der Waals surface area contributed by atoms with E-state index in [0.29, 0.717) is 17.7 Å². The number of amides is 10. The van der Waals surface area contributed by atoms with Crippen LogP contribution in [0.25, 0.3) is 0 Å². The SMILES string of the molecule is CC[C@H](C)[C@H]1C(=O)N[C@@H](C)C(=O)N(C)[C@@H](CC(C)C)C(=O)N[C@@H](Cc2ccc(OC)cc2)C(=O)N(C)[C@H](C)C(=O)NC[C@H](N(C)C(=O)[C@H](CC(C)C)N(C)C(=O)[C@H](C)N(C)C(=O)[C@H](OC(=O)[C@H](C(C)C)N(C)C)C(C)C)C(=O)N(C)[C@@H](C)C(=O)N1C. The number of nitrogens with one attached hydrogen (secondary N) is 3. The topological polar surface area (TPSA) is 268 Å². The van der Waals surface area contributed by atoms with E-state index in [1.54, 1.807) is 64.0 Å². The van der Waals surface area contributed by atoms with E-state index < -0.39 is 150 Å². The van der Waals surface area contributed by atoms with Crippen molar-refractivity contribution in [2.45, 2.75) is 189 Å². The average Bonchev–Trinajstić information content (AvgIpc) is 1.30. The van der Waals surface area contributed by atoms with Crippen molar-refractivity contribution >= 4 is 65.0 Å². The van der Waals surface area contributed by atoms with Gasteiger partial charge in [-0.3, -0.25) is 57.6 Å². The molecule has 1 aliphatic rings. The van der Waals surface area contributed by atoms with Gasteiger partial charge in [-0.15, -0.1) is 0 Å². The number of likely N-dealkylation sites (N-methyl/N-ethyl adjacent to an activating group) is 8. The Kier molecular flexibility index (Phi) is 29.2. The predicted octanol–water partition coefficient (Wildman–Crippen LogP) is 2.50. The second-order valence-corrected chi connectivity index (χ2v) is 25.2. The minimum atomic E-state index is -1.57. The van der Waals surface area contributed by atoms with Crippen LogP contribution in [0.5, 0.6) is 5.75 Å². The number of hydrogen-bond donors (Lipinski definition) is 3. The van der Waals surface area contributed by atoms with Crippen LogP contribution >= 0.6 is 0 Å². The first-order valence-electron chi connectivity index (χ1n) is 30.1. The van der Waals surface area contributed by atoms with E-state index in [4.69, 9.17) is 9.47 Å². The summed E-state index contributed by atoms with van der Waals surface area (Å²) < 4.78 is 11.2. The molecule has 486 valence electrons. The lowest BCUT2D eigenvalue weighted by molar-refractivity contribution is -0.169. The maximum atomic E-state index is 15.2. The third-order valence-corrected chi connectivity index (χ3v) is 16.7. The third-order valence-electron chi connectivity index (χ3n) is 16.7. The Morgan fingerprint density at radius 1 is 0.628 bits per heavy atom. The van der Waals surface area contributed by atoms with Gasteiger partial charge in [-0.25, -0.2) is 0 Å². The van der Waals surface area contributed by atoms with E-state index in [-0.39, 0.29) is 37.0 Å². The second-order valence-electron chi connectivity index (χ2n) is 25.2. The summed E-state index contributed by atoms with van der Waals surface area (Å²) in [6, 6.07) is -5.18. The number of ether oxygens (including phenoxy) is 2. The molecule has 24 nitrogen and oxygen atoms in total. The van der Waals surface area contributed by atoms with E-state index in [0.717, 1.165) is 14.7 Å². The van der Waals surface area contributed by atoms with Crippen molar-refractivity contribution in [3.63, 3.8) is 0 Å². The quantitative estimate of drug-likeness (QED) is 0.159. The molecule has 12 atom stereocenters. The normalized spacial score (nSPS) is 23.0. The minimum Gasteiger partial charge on any atom is -0.497 e. The van der Waals surface area contributed by atoms with Crippen molar-refractivity contribution < 1.29 is 62.2 Å². The van der Waals surface area contributed by atoms with Crippen LogP contribution in [0, 0.1) is 29.6 Å². The van der Waals surface area contributed by atoms with Gasteiger partial charge < -0.3 is 59.7 Å². The monoisotopic (exact) mass is 1210 g/mol. The molecule has 24 heteroatoms. The molecule has 1 aromatic rings. The van der Waals surface area contributed by atoms with Crippen LogP contribution in [0.1, 0.15) is 122 Å². The molecule has 0 unspecified atom stereocenters. The molecule has 2 rings (SSSR count). The third kappa shape index (κ3) is 19.3. The highest BCUT2D eigenvalue weighted by Crippen LogP contribution is 2.24. The first kappa shape index (κ1) is 75.2. The molecule has 0 radical (unpaired) electrons. The first-order valence-corrected chi connectivity index (χ1v) is 30.1. The Morgan fingerprint density at radius 3 is 1.67 bits per heavy atom. The summed E-state index contributed by atoms with van der Waals surface area (Å²) in [5, 5.41) is 8.40.